The molecule has 2 aliphatic carbocycles. The highest BCUT2D eigenvalue weighted by atomic mass is 16.2. The van der Waals surface area contributed by atoms with Crippen molar-refractivity contribution in [3.8, 4) is 0 Å². The van der Waals surface area contributed by atoms with Gasteiger partial charge in [-0.3, -0.25) is 9.59 Å². The van der Waals surface area contributed by atoms with E-state index in [-0.39, 0.29) is 6.04 Å². The maximum absolute atomic E-state index is 11.7. The molecule has 5 nitrogen and oxygen atoms in total. The lowest BCUT2D eigenvalue weighted by atomic mass is 9.84. The zero-order valence-corrected chi connectivity index (χ0v) is 10.9. The molecule has 0 saturated heterocycles. The van der Waals surface area contributed by atoms with E-state index in [1.54, 1.807) is 0 Å². The average Bonchev–Trinajstić information content (AvgIpc) is 2.97. The standard InChI is InChI=1S/C13H23N3O2/c1-8(11-7-9-2-3-10(11)6-9)16-13(18)12(17)15-5-4-14/h8-11H,2-7,14H2,1H3,(H,15,17)(H,16,18). The number of nitrogens with two attached hydrogens (primary N) is 1. The van der Waals surface area contributed by atoms with E-state index in [2.05, 4.69) is 10.6 Å². The zero-order chi connectivity index (χ0) is 13.1. The number of hydrogen-bond acceptors (Lipinski definition) is 3. The van der Waals surface area contributed by atoms with E-state index in [0.29, 0.717) is 19.0 Å². The summed E-state index contributed by atoms with van der Waals surface area (Å²) in [5, 5.41) is 5.31. The Morgan fingerprint density at radius 1 is 1.28 bits per heavy atom. The zero-order valence-electron chi connectivity index (χ0n) is 10.9. The Bertz CT molecular complexity index is 332. The quantitative estimate of drug-likeness (QED) is 0.617. The summed E-state index contributed by atoms with van der Waals surface area (Å²) in [7, 11) is 0. The van der Waals surface area contributed by atoms with Crippen LogP contribution in [0, 0.1) is 17.8 Å². The minimum atomic E-state index is -0.574. The van der Waals surface area contributed by atoms with Gasteiger partial charge in [0.2, 0.25) is 0 Å². The Hall–Kier alpha value is -1.10. The van der Waals surface area contributed by atoms with Gasteiger partial charge < -0.3 is 16.4 Å². The molecule has 0 radical (unpaired) electrons. The first-order valence-corrected chi connectivity index (χ1v) is 6.90. The molecule has 5 heteroatoms. The first-order chi connectivity index (χ1) is 8.61. The van der Waals surface area contributed by atoms with Crippen LogP contribution in [0.25, 0.3) is 0 Å². The summed E-state index contributed by atoms with van der Waals surface area (Å²) >= 11 is 0. The second kappa shape index (κ2) is 5.69. The van der Waals surface area contributed by atoms with Crippen molar-refractivity contribution in [1.29, 1.82) is 0 Å². The Labute approximate surface area is 108 Å². The van der Waals surface area contributed by atoms with Gasteiger partial charge >= 0.3 is 11.8 Å². The summed E-state index contributed by atoms with van der Waals surface area (Å²) in [5.41, 5.74) is 5.27. The maximum Gasteiger partial charge on any atom is 0.309 e. The number of rotatable bonds is 4. The third-order valence-electron chi connectivity index (χ3n) is 4.43. The van der Waals surface area contributed by atoms with Crippen molar-refractivity contribution in [2.45, 2.75) is 38.6 Å². The van der Waals surface area contributed by atoms with E-state index >= 15 is 0 Å². The molecule has 0 spiro atoms. The molecule has 0 aromatic rings. The van der Waals surface area contributed by atoms with E-state index in [4.69, 9.17) is 5.73 Å². The highest BCUT2D eigenvalue weighted by Gasteiger charge is 2.42. The molecule has 2 fully saturated rings. The van der Waals surface area contributed by atoms with Gasteiger partial charge in [0.05, 0.1) is 0 Å². The summed E-state index contributed by atoms with van der Waals surface area (Å²) in [6.07, 6.45) is 5.15. The summed E-state index contributed by atoms with van der Waals surface area (Å²) in [5.74, 6) is 1.05. The molecule has 4 unspecified atom stereocenters. The normalized spacial score (nSPS) is 31.1. The van der Waals surface area contributed by atoms with E-state index in [9.17, 15) is 9.59 Å². The van der Waals surface area contributed by atoms with Gasteiger partial charge in [-0.2, -0.15) is 0 Å². The van der Waals surface area contributed by atoms with Crippen LogP contribution in [0.3, 0.4) is 0 Å². The van der Waals surface area contributed by atoms with Crippen LogP contribution in [-0.4, -0.2) is 30.9 Å². The summed E-state index contributed by atoms with van der Waals surface area (Å²) < 4.78 is 0. The van der Waals surface area contributed by atoms with Gasteiger partial charge in [0.15, 0.2) is 0 Å². The van der Waals surface area contributed by atoms with Gasteiger partial charge in [-0.15, -0.1) is 0 Å². The first kappa shape index (κ1) is 13.3. The molecule has 2 rings (SSSR count). The monoisotopic (exact) mass is 253 g/mol. The number of fused-ring (bicyclic) bond motifs is 2. The number of carbonyl (C=O) groups excluding carboxylic acids is 2. The van der Waals surface area contributed by atoms with Crippen molar-refractivity contribution >= 4 is 11.8 Å². The smallest absolute Gasteiger partial charge is 0.309 e. The van der Waals surface area contributed by atoms with Gasteiger partial charge in [-0.25, -0.2) is 0 Å². The van der Waals surface area contributed by atoms with E-state index in [1.807, 2.05) is 6.92 Å². The fourth-order valence-electron chi connectivity index (χ4n) is 3.55. The Morgan fingerprint density at radius 2 is 2.06 bits per heavy atom. The lowest BCUT2D eigenvalue weighted by Crippen LogP contribution is -2.47. The molecule has 0 heterocycles. The molecule has 2 aliphatic rings. The lowest BCUT2D eigenvalue weighted by molar-refractivity contribution is -0.139. The minimum absolute atomic E-state index is 0.0939. The van der Waals surface area contributed by atoms with Crippen LogP contribution in [0.15, 0.2) is 0 Å². The van der Waals surface area contributed by atoms with Gasteiger partial charge in [-0.05, 0) is 43.9 Å². The Morgan fingerprint density at radius 3 is 2.61 bits per heavy atom. The molecular formula is C13H23N3O2. The third-order valence-corrected chi connectivity index (χ3v) is 4.43. The molecule has 2 bridgehead atoms. The average molecular weight is 253 g/mol. The van der Waals surface area contributed by atoms with E-state index < -0.39 is 11.8 Å². The van der Waals surface area contributed by atoms with Crippen molar-refractivity contribution < 1.29 is 9.59 Å². The summed E-state index contributed by atoms with van der Waals surface area (Å²) in [4.78, 5) is 23.1. The highest BCUT2D eigenvalue weighted by Crippen LogP contribution is 2.49. The molecule has 4 atom stereocenters. The van der Waals surface area contributed by atoms with Crippen LogP contribution >= 0.6 is 0 Å². The molecule has 0 aliphatic heterocycles. The molecular weight excluding hydrogens is 230 g/mol. The fourth-order valence-corrected chi connectivity index (χ4v) is 3.55. The third kappa shape index (κ3) is 2.83. The van der Waals surface area contributed by atoms with Gasteiger partial charge in [0.25, 0.3) is 0 Å². The minimum Gasteiger partial charge on any atom is -0.347 e. The van der Waals surface area contributed by atoms with Gasteiger partial charge in [0.1, 0.15) is 0 Å². The predicted molar refractivity (Wildman–Crippen MR) is 68.6 cm³/mol. The van der Waals surface area contributed by atoms with Crippen molar-refractivity contribution in [1.82, 2.24) is 10.6 Å². The molecule has 2 amide bonds. The topological polar surface area (TPSA) is 84.2 Å². The Kier molecular flexibility index (Phi) is 4.22. The number of carbonyl (C=O) groups is 2. The van der Waals surface area contributed by atoms with Gasteiger partial charge in [0, 0.05) is 19.1 Å². The molecule has 2 saturated carbocycles. The molecule has 0 aromatic carbocycles. The van der Waals surface area contributed by atoms with Crippen molar-refractivity contribution in [3.05, 3.63) is 0 Å². The van der Waals surface area contributed by atoms with Crippen LogP contribution in [0.4, 0.5) is 0 Å². The van der Waals surface area contributed by atoms with E-state index in [1.165, 1.54) is 25.7 Å². The number of amides is 2. The first-order valence-electron chi connectivity index (χ1n) is 6.90. The van der Waals surface area contributed by atoms with Crippen molar-refractivity contribution in [2.24, 2.45) is 23.5 Å². The van der Waals surface area contributed by atoms with Crippen LogP contribution in [-0.2, 0) is 9.59 Å². The van der Waals surface area contributed by atoms with E-state index in [0.717, 1.165) is 11.8 Å². The second-order valence-corrected chi connectivity index (χ2v) is 5.65. The molecule has 102 valence electrons. The molecule has 18 heavy (non-hydrogen) atoms. The van der Waals surface area contributed by atoms with Crippen LogP contribution in [0.1, 0.15) is 32.6 Å². The number of hydrogen-bond donors (Lipinski definition) is 3. The predicted octanol–water partition coefficient (Wildman–Crippen LogP) is 0.00220. The van der Waals surface area contributed by atoms with Crippen molar-refractivity contribution in [3.63, 3.8) is 0 Å². The summed E-state index contributed by atoms with van der Waals surface area (Å²) in [6, 6.07) is 0.0939. The second-order valence-electron chi connectivity index (χ2n) is 5.65. The van der Waals surface area contributed by atoms with Gasteiger partial charge in [-0.1, -0.05) is 6.42 Å². The lowest BCUT2D eigenvalue weighted by Gasteiger charge is -2.28. The van der Waals surface area contributed by atoms with Crippen LogP contribution in [0.5, 0.6) is 0 Å². The Balaban J connectivity index is 1.78. The summed E-state index contributed by atoms with van der Waals surface area (Å²) in [6.45, 7) is 2.70. The largest absolute Gasteiger partial charge is 0.347 e. The highest BCUT2D eigenvalue weighted by molar-refractivity contribution is 6.35. The van der Waals surface area contributed by atoms with Crippen LogP contribution < -0.4 is 16.4 Å². The molecule has 0 aromatic heterocycles. The number of nitrogens with one attached hydrogen (secondary N) is 2. The van der Waals surface area contributed by atoms with Crippen LogP contribution in [0.2, 0.25) is 0 Å². The fraction of sp³-hybridized carbons (Fsp3) is 0.846. The van der Waals surface area contributed by atoms with Crippen molar-refractivity contribution in [2.75, 3.05) is 13.1 Å². The SMILES string of the molecule is CC(NC(=O)C(=O)NCCN)C1CC2CCC1C2. The molecule has 4 N–H and O–H groups in total. The maximum atomic E-state index is 11.7.